The Morgan fingerprint density at radius 3 is 2.58 bits per heavy atom. The number of halogens is 4. The summed E-state index contributed by atoms with van der Waals surface area (Å²) in [5.41, 5.74) is -0.142. The molecule has 0 atom stereocenters. The average molecular weight is 409 g/mol. The van der Waals surface area contributed by atoms with Crippen LogP contribution in [0.5, 0.6) is 0 Å². The first-order chi connectivity index (χ1) is 11.6. The molecule has 1 aromatic heterocycles. The summed E-state index contributed by atoms with van der Waals surface area (Å²) in [5.74, 6) is -0.607. The van der Waals surface area contributed by atoms with E-state index in [1.165, 1.54) is 16.8 Å². The second-order valence-corrected chi connectivity index (χ2v) is 6.21. The van der Waals surface area contributed by atoms with Crippen LogP contribution >= 0.6 is 24.8 Å². The molecule has 0 bridgehead atoms. The maximum Gasteiger partial charge on any atom is 0.346 e. The van der Waals surface area contributed by atoms with Gasteiger partial charge in [0.15, 0.2) is 11.6 Å². The van der Waals surface area contributed by atoms with Crippen LogP contribution in [-0.4, -0.2) is 27.4 Å². The quantitative estimate of drug-likeness (QED) is 0.827. The molecule has 1 aromatic carbocycles. The van der Waals surface area contributed by atoms with Crippen LogP contribution in [0.25, 0.3) is 0 Å². The summed E-state index contributed by atoms with van der Waals surface area (Å²) >= 11 is 0. The summed E-state index contributed by atoms with van der Waals surface area (Å²) in [6.07, 6.45) is 2.86. The normalized spacial score (nSPS) is 14.6. The Morgan fingerprint density at radius 2 is 1.92 bits per heavy atom. The van der Waals surface area contributed by atoms with E-state index in [2.05, 4.69) is 10.4 Å². The zero-order valence-electron chi connectivity index (χ0n) is 14.6. The van der Waals surface area contributed by atoms with Crippen LogP contribution in [0.4, 0.5) is 8.78 Å². The third-order valence-corrected chi connectivity index (χ3v) is 4.60. The topological polar surface area (TPSA) is 51.9 Å². The summed E-state index contributed by atoms with van der Waals surface area (Å²) in [6.45, 7) is 4.31. The Kier molecular flexibility index (Phi) is 8.73. The number of aromatic nitrogens is 3. The molecule has 1 N–H and O–H groups in total. The lowest BCUT2D eigenvalue weighted by molar-refractivity contribution is 0.362. The van der Waals surface area contributed by atoms with E-state index in [-0.39, 0.29) is 42.6 Å². The minimum atomic E-state index is -0.921. The van der Waals surface area contributed by atoms with Gasteiger partial charge in [0.05, 0.1) is 6.54 Å². The minimum absolute atomic E-state index is 0. The first kappa shape index (κ1) is 22.6. The number of hydrogen-bond donors (Lipinski definition) is 1. The molecule has 3 rings (SSSR count). The number of nitrogens with zero attached hydrogens (tertiary/aromatic N) is 3. The van der Waals surface area contributed by atoms with Crippen molar-refractivity contribution in [2.75, 3.05) is 13.1 Å². The van der Waals surface area contributed by atoms with Gasteiger partial charge in [0.2, 0.25) is 0 Å². The lowest BCUT2D eigenvalue weighted by Gasteiger charge is -2.21. The fourth-order valence-corrected chi connectivity index (χ4v) is 3.23. The molecule has 0 saturated carbocycles. The molecule has 0 unspecified atom stereocenters. The molecule has 1 saturated heterocycles. The van der Waals surface area contributed by atoms with Gasteiger partial charge in [-0.3, -0.25) is 4.57 Å². The van der Waals surface area contributed by atoms with E-state index in [4.69, 9.17) is 0 Å². The fourth-order valence-electron chi connectivity index (χ4n) is 3.23. The molecule has 146 valence electrons. The molecule has 0 amide bonds. The van der Waals surface area contributed by atoms with Crippen molar-refractivity contribution in [1.29, 1.82) is 0 Å². The predicted molar refractivity (Wildman–Crippen MR) is 101 cm³/mol. The van der Waals surface area contributed by atoms with Gasteiger partial charge < -0.3 is 5.32 Å². The smallest absolute Gasteiger partial charge is 0.317 e. The van der Waals surface area contributed by atoms with Gasteiger partial charge >= 0.3 is 5.69 Å². The predicted octanol–water partition coefficient (Wildman–Crippen LogP) is 2.78. The van der Waals surface area contributed by atoms with Crippen molar-refractivity contribution < 1.29 is 8.78 Å². The van der Waals surface area contributed by atoms with Crippen molar-refractivity contribution in [1.82, 2.24) is 19.7 Å². The Labute approximate surface area is 163 Å². The number of rotatable bonds is 5. The monoisotopic (exact) mass is 408 g/mol. The van der Waals surface area contributed by atoms with Crippen molar-refractivity contribution in [3.63, 3.8) is 0 Å². The summed E-state index contributed by atoms with van der Waals surface area (Å²) < 4.78 is 30.1. The first-order valence-electron chi connectivity index (χ1n) is 8.40. The molecule has 9 heteroatoms. The van der Waals surface area contributed by atoms with Crippen molar-refractivity contribution in [3.05, 3.63) is 51.7 Å². The molecular weight excluding hydrogens is 385 g/mol. The number of piperidine rings is 1. The molecule has 2 heterocycles. The Morgan fingerprint density at radius 1 is 1.23 bits per heavy atom. The van der Waals surface area contributed by atoms with Gasteiger partial charge in [0.25, 0.3) is 0 Å². The summed E-state index contributed by atoms with van der Waals surface area (Å²) in [7, 11) is 0. The van der Waals surface area contributed by atoms with Gasteiger partial charge in [-0.2, -0.15) is 5.10 Å². The second-order valence-electron chi connectivity index (χ2n) is 6.21. The highest BCUT2D eigenvalue weighted by Crippen LogP contribution is 2.17. The van der Waals surface area contributed by atoms with Crippen LogP contribution in [0.1, 0.15) is 31.2 Å². The van der Waals surface area contributed by atoms with Gasteiger partial charge in [-0.15, -0.1) is 24.8 Å². The SMILES string of the molecule is CCn1c(CC2CCNCC2)nn(Cc2cccc(F)c2F)c1=O.Cl.Cl. The molecular formula is C17H24Cl2F2N4O. The van der Waals surface area contributed by atoms with E-state index in [0.717, 1.165) is 44.2 Å². The van der Waals surface area contributed by atoms with Crippen molar-refractivity contribution >= 4 is 24.8 Å². The van der Waals surface area contributed by atoms with Gasteiger partial charge in [-0.1, -0.05) is 12.1 Å². The molecule has 1 aliphatic rings. The average Bonchev–Trinajstić information content (AvgIpc) is 2.87. The molecule has 1 aliphatic heterocycles. The Bertz CT molecular complexity index is 773. The van der Waals surface area contributed by atoms with E-state index in [1.807, 2.05) is 6.92 Å². The molecule has 0 radical (unpaired) electrons. The summed E-state index contributed by atoms with van der Waals surface area (Å²) in [4.78, 5) is 12.5. The largest absolute Gasteiger partial charge is 0.346 e. The standard InChI is InChI=1S/C17H22F2N4O.2ClH/c1-2-22-15(10-12-6-8-20-9-7-12)21-23(17(22)24)11-13-4-3-5-14(18)16(13)19;;/h3-5,12,20H,2,6-11H2,1H3;2*1H. The van der Waals surface area contributed by atoms with Crippen LogP contribution in [-0.2, 0) is 19.5 Å². The van der Waals surface area contributed by atoms with E-state index >= 15 is 0 Å². The molecule has 0 aliphatic carbocycles. The molecule has 5 nitrogen and oxygen atoms in total. The highest BCUT2D eigenvalue weighted by Gasteiger charge is 2.20. The van der Waals surface area contributed by atoms with Gasteiger partial charge in [0, 0.05) is 18.5 Å². The number of nitrogens with one attached hydrogen (secondary N) is 1. The lowest BCUT2D eigenvalue weighted by atomic mass is 9.94. The zero-order valence-corrected chi connectivity index (χ0v) is 16.2. The number of hydrogen-bond acceptors (Lipinski definition) is 3. The lowest BCUT2D eigenvalue weighted by Crippen LogP contribution is -2.30. The van der Waals surface area contributed by atoms with Gasteiger partial charge in [0.1, 0.15) is 5.82 Å². The number of benzene rings is 1. The van der Waals surface area contributed by atoms with Gasteiger partial charge in [-0.05, 0) is 44.8 Å². The van der Waals surface area contributed by atoms with E-state index in [0.29, 0.717) is 12.5 Å². The Balaban J connectivity index is 0.00000169. The van der Waals surface area contributed by atoms with E-state index < -0.39 is 11.6 Å². The highest BCUT2D eigenvalue weighted by atomic mass is 35.5. The van der Waals surface area contributed by atoms with Crippen LogP contribution in [0.15, 0.2) is 23.0 Å². The molecule has 26 heavy (non-hydrogen) atoms. The highest BCUT2D eigenvalue weighted by molar-refractivity contribution is 5.85. The van der Waals surface area contributed by atoms with Crippen LogP contribution in [0.2, 0.25) is 0 Å². The van der Waals surface area contributed by atoms with Crippen LogP contribution in [0, 0.1) is 17.6 Å². The summed E-state index contributed by atoms with van der Waals surface area (Å²) in [6, 6.07) is 3.97. The zero-order chi connectivity index (χ0) is 17.1. The van der Waals surface area contributed by atoms with Gasteiger partial charge in [-0.25, -0.2) is 18.3 Å². The maximum absolute atomic E-state index is 13.8. The molecule has 2 aromatic rings. The Hall–Kier alpha value is -1.44. The molecule has 1 fully saturated rings. The van der Waals surface area contributed by atoms with Crippen molar-refractivity contribution in [3.8, 4) is 0 Å². The summed E-state index contributed by atoms with van der Waals surface area (Å²) in [5, 5.41) is 7.72. The minimum Gasteiger partial charge on any atom is -0.317 e. The first-order valence-corrected chi connectivity index (χ1v) is 8.40. The maximum atomic E-state index is 13.8. The molecule has 0 spiro atoms. The van der Waals surface area contributed by atoms with Crippen LogP contribution in [0.3, 0.4) is 0 Å². The van der Waals surface area contributed by atoms with Crippen molar-refractivity contribution in [2.24, 2.45) is 5.92 Å². The fraction of sp³-hybridized carbons (Fsp3) is 0.529. The van der Waals surface area contributed by atoms with E-state index in [1.54, 1.807) is 4.57 Å². The van der Waals surface area contributed by atoms with E-state index in [9.17, 15) is 13.6 Å². The van der Waals surface area contributed by atoms with Crippen molar-refractivity contribution in [2.45, 2.75) is 39.3 Å². The van der Waals surface area contributed by atoms with Crippen LogP contribution < -0.4 is 11.0 Å². The third-order valence-electron chi connectivity index (χ3n) is 4.60. The third kappa shape index (κ3) is 4.84. The second kappa shape index (κ2) is 10.0.